The standard InChI is InChI=1S/C20H26FN5O2/c1-20(2,3)16(19(28)22-4)25-18(27)15-14-11-23-8-9-26(14)17(24-15)12-6-5-7-13(21)10-12/h5-7,10,16,23H,8-9,11H2,1-4H3,(H,22,28)(H,25,27)/t16-/m1/s1. The van der Waals surface area contributed by atoms with Gasteiger partial charge in [0.1, 0.15) is 17.7 Å². The van der Waals surface area contributed by atoms with Crippen molar-refractivity contribution in [3.8, 4) is 11.4 Å². The van der Waals surface area contributed by atoms with Gasteiger partial charge in [-0.1, -0.05) is 32.9 Å². The Bertz CT molecular complexity index is 900. The second-order valence-electron chi connectivity index (χ2n) is 7.96. The fourth-order valence-electron chi connectivity index (χ4n) is 3.35. The first-order valence-electron chi connectivity index (χ1n) is 9.31. The van der Waals surface area contributed by atoms with Crippen LogP contribution in [0.2, 0.25) is 0 Å². The number of nitrogens with zero attached hydrogens (tertiary/aromatic N) is 2. The van der Waals surface area contributed by atoms with Gasteiger partial charge in [-0.3, -0.25) is 9.59 Å². The Morgan fingerprint density at radius 3 is 2.71 bits per heavy atom. The molecule has 0 saturated carbocycles. The molecule has 3 N–H and O–H groups in total. The Kier molecular flexibility index (Phi) is 5.51. The van der Waals surface area contributed by atoms with Crippen LogP contribution < -0.4 is 16.0 Å². The van der Waals surface area contributed by atoms with Crippen LogP contribution in [-0.4, -0.2) is 41.0 Å². The molecular weight excluding hydrogens is 361 g/mol. The number of halogens is 1. The summed E-state index contributed by atoms with van der Waals surface area (Å²) in [6, 6.07) is 5.45. The lowest BCUT2D eigenvalue weighted by Gasteiger charge is -2.29. The number of hydrogen-bond acceptors (Lipinski definition) is 4. The number of carbonyl (C=O) groups excluding carboxylic acids is 2. The molecule has 2 aromatic rings. The maximum atomic E-state index is 13.7. The molecule has 28 heavy (non-hydrogen) atoms. The van der Waals surface area contributed by atoms with Gasteiger partial charge in [0.05, 0.1) is 5.69 Å². The summed E-state index contributed by atoms with van der Waals surface area (Å²) in [5.74, 6) is -0.494. The molecule has 0 radical (unpaired) electrons. The smallest absolute Gasteiger partial charge is 0.272 e. The number of benzene rings is 1. The van der Waals surface area contributed by atoms with E-state index < -0.39 is 17.4 Å². The van der Waals surface area contributed by atoms with Crippen molar-refractivity contribution in [1.82, 2.24) is 25.5 Å². The molecule has 7 nitrogen and oxygen atoms in total. The minimum absolute atomic E-state index is 0.254. The lowest BCUT2D eigenvalue weighted by Crippen LogP contribution is -2.53. The predicted molar refractivity (Wildman–Crippen MR) is 104 cm³/mol. The second kappa shape index (κ2) is 7.71. The van der Waals surface area contributed by atoms with E-state index in [0.29, 0.717) is 24.5 Å². The molecule has 3 rings (SSSR count). The number of fused-ring (bicyclic) bond motifs is 1. The van der Waals surface area contributed by atoms with Crippen LogP contribution in [0.3, 0.4) is 0 Å². The summed E-state index contributed by atoms with van der Waals surface area (Å²) in [5, 5.41) is 8.65. The zero-order valence-corrected chi connectivity index (χ0v) is 16.6. The SMILES string of the molecule is CNC(=O)[C@@H](NC(=O)c1nc(-c2cccc(F)c2)n2c1CNCC2)C(C)(C)C. The van der Waals surface area contributed by atoms with E-state index in [1.807, 2.05) is 25.3 Å². The van der Waals surface area contributed by atoms with E-state index >= 15 is 0 Å². The van der Waals surface area contributed by atoms with Crippen molar-refractivity contribution in [2.24, 2.45) is 5.41 Å². The van der Waals surface area contributed by atoms with E-state index in [1.54, 1.807) is 12.1 Å². The third-order valence-electron chi connectivity index (χ3n) is 4.83. The third kappa shape index (κ3) is 3.91. The molecular formula is C20H26FN5O2. The van der Waals surface area contributed by atoms with Crippen molar-refractivity contribution in [1.29, 1.82) is 0 Å². The summed E-state index contributed by atoms with van der Waals surface area (Å²) in [6.07, 6.45) is 0. The van der Waals surface area contributed by atoms with Crippen LogP contribution in [-0.2, 0) is 17.9 Å². The summed E-state index contributed by atoms with van der Waals surface area (Å²) < 4.78 is 15.6. The van der Waals surface area contributed by atoms with Crippen LogP contribution in [0.15, 0.2) is 24.3 Å². The van der Waals surface area contributed by atoms with Crippen molar-refractivity contribution < 1.29 is 14.0 Å². The Balaban J connectivity index is 2.00. The number of carbonyl (C=O) groups is 2. The Hall–Kier alpha value is -2.74. The average molecular weight is 387 g/mol. The van der Waals surface area contributed by atoms with Crippen LogP contribution >= 0.6 is 0 Å². The molecule has 1 aromatic carbocycles. The van der Waals surface area contributed by atoms with Gasteiger partial charge in [-0.05, 0) is 17.5 Å². The molecule has 0 spiro atoms. The highest BCUT2D eigenvalue weighted by Crippen LogP contribution is 2.26. The van der Waals surface area contributed by atoms with Crippen LogP contribution in [0, 0.1) is 11.2 Å². The number of rotatable bonds is 4. The maximum Gasteiger partial charge on any atom is 0.272 e. The van der Waals surface area contributed by atoms with Crippen molar-refractivity contribution >= 4 is 11.8 Å². The molecule has 0 unspecified atom stereocenters. The maximum absolute atomic E-state index is 13.7. The molecule has 0 fully saturated rings. The largest absolute Gasteiger partial charge is 0.357 e. The van der Waals surface area contributed by atoms with Gasteiger partial charge in [0.15, 0.2) is 5.69 Å². The molecule has 0 aliphatic carbocycles. The number of aromatic nitrogens is 2. The first-order chi connectivity index (χ1) is 13.2. The van der Waals surface area contributed by atoms with E-state index in [0.717, 1.165) is 12.2 Å². The highest BCUT2D eigenvalue weighted by atomic mass is 19.1. The van der Waals surface area contributed by atoms with Gasteiger partial charge < -0.3 is 20.5 Å². The average Bonchev–Trinajstić information content (AvgIpc) is 3.04. The molecule has 150 valence electrons. The lowest BCUT2D eigenvalue weighted by molar-refractivity contribution is -0.124. The third-order valence-corrected chi connectivity index (χ3v) is 4.83. The monoisotopic (exact) mass is 387 g/mol. The normalized spacial score (nSPS) is 14.9. The summed E-state index contributed by atoms with van der Waals surface area (Å²) in [4.78, 5) is 29.8. The Morgan fingerprint density at radius 2 is 2.07 bits per heavy atom. The lowest BCUT2D eigenvalue weighted by atomic mass is 9.86. The number of imidazole rings is 1. The van der Waals surface area contributed by atoms with Gasteiger partial charge in [-0.25, -0.2) is 9.37 Å². The molecule has 2 heterocycles. The van der Waals surface area contributed by atoms with Gasteiger partial charge in [0.2, 0.25) is 5.91 Å². The zero-order chi connectivity index (χ0) is 20.5. The summed E-state index contributed by atoms with van der Waals surface area (Å²) in [5.41, 5.74) is 1.12. The minimum Gasteiger partial charge on any atom is -0.357 e. The van der Waals surface area contributed by atoms with Crippen LogP contribution in [0.5, 0.6) is 0 Å². The predicted octanol–water partition coefficient (Wildman–Crippen LogP) is 1.68. The van der Waals surface area contributed by atoms with E-state index in [9.17, 15) is 14.0 Å². The second-order valence-corrected chi connectivity index (χ2v) is 7.96. The van der Waals surface area contributed by atoms with Crippen LogP contribution in [0.25, 0.3) is 11.4 Å². The summed E-state index contributed by atoms with van der Waals surface area (Å²) in [6.45, 7) is 7.49. The highest BCUT2D eigenvalue weighted by molar-refractivity contribution is 5.97. The number of amides is 2. The van der Waals surface area contributed by atoms with Crippen molar-refractivity contribution in [2.75, 3.05) is 13.6 Å². The number of hydrogen-bond donors (Lipinski definition) is 3. The van der Waals surface area contributed by atoms with E-state index in [4.69, 9.17) is 0 Å². The van der Waals surface area contributed by atoms with E-state index in [-0.39, 0.29) is 17.4 Å². The van der Waals surface area contributed by atoms with Crippen molar-refractivity contribution in [3.63, 3.8) is 0 Å². The van der Waals surface area contributed by atoms with E-state index in [2.05, 4.69) is 20.9 Å². The molecule has 1 aliphatic rings. The van der Waals surface area contributed by atoms with Gasteiger partial charge >= 0.3 is 0 Å². The fraction of sp³-hybridized carbons (Fsp3) is 0.450. The first-order valence-corrected chi connectivity index (χ1v) is 9.31. The minimum atomic E-state index is -0.712. The Morgan fingerprint density at radius 1 is 1.32 bits per heavy atom. The highest BCUT2D eigenvalue weighted by Gasteiger charge is 2.34. The number of likely N-dealkylation sites (N-methyl/N-ethyl adjacent to an activating group) is 1. The van der Waals surface area contributed by atoms with Crippen LogP contribution in [0.4, 0.5) is 4.39 Å². The molecule has 0 bridgehead atoms. The van der Waals surface area contributed by atoms with Gasteiger partial charge in [0.25, 0.3) is 5.91 Å². The quantitative estimate of drug-likeness (QED) is 0.745. The van der Waals surface area contributed by atoms with E-state index in [1.165, 1.54) is 19.2 Å². The van der Waals surface area contributed by atoms with Crippen molar-refractivity contribution in [3.05, 3.63) is 41.5 Å². The molecule has 1 aliphatic heterocycles. The summed E-state index contributed by atoms with van der Waals surface area (Å²) >= 11 is 0. The zero-order valence-electron chi connectivity index (χ0n) is 16.6. The summed E-state index contributed by atoms with van der Waals surface area (Å²) in [7, 11) is 1.54. The molecule has 1 atom stereocenters. The fourth-order valence-corrected chi connectivity index (χ4v) is 3.35. The number of nitrogens with one attached hydrogen (secondary N) is 3. The van der Waals surface area contributed by atoms with Crippen molar-refractivity contribution in [2.45, 2.75) is 39.9 Å². The molecule has 1 aromatic heterocycles. The molecule has 0 saturated heterocycles. The van der Waals surface area contributed by atoms with Gasteiger partial charge in [0, 0.05) is 32.2 Å². The van der Waals surface area contributed by atoms with Gasteiger partial charge in [-0.2, -0.15) is 0 Å². The molecule has 8 heteroatoms. The first kappa shape index (κ1) is 20.0. The molecule has 2 amide bonds. The topological polar surface area (TPSA) is 88.1 Å². The van der Waals surface area contributed by atoms with Gasteiger partial charge in [-0.15, -0.1) is 0 Å². The van der Waals surface area contributed by atoms with Crippen LogP contribution in [0.1, 0.15) is 37.0 Å². The Labute approximate surface area is 163 Å².